The highest BCUT2D eigenvalue weighted by atomic mass is 79.9. The molecule has 0 atom stereocenters. The van der Waals surface area contributed by atoms with E-state index in [2.05, 4.69) is 21.2 Å². The molecule has 1 aromatic carbocycles. The molecule has 0 bridgehead atoms. The van der Waals surface area contributed by atoms with Crippen LogP contribution in [0.4, 0.5) is 14.5 Å². The summed E-state index contributed by atoms with van der Waals surface area (Å²) >= 11 is 3.23. The molecule has 4 nitrogen and oxygen atoms in total. The van der Waals surface area contributed by atoms with Crippen molar-refractivity contribution in [2.45, 2.75) is 6.54 Å². The molecule has 0 unspecified atom stereocenters. The lowest BCUT2D eigenvalue weighted by atomic mass is 10.1. The molecule has 0 saturated heterocycles. The van der Waals surface area contributed by atoms with Crippen LogP contribution < -0.4 is 5.32 Å². The van der Waals surface area contributed by atoms with Crippen molar-refractivity contribution in [2.24, 2.45) is 0 Å². The van der Waals surface area contributed by atoms with Gasteiger partial charge in [-0.3, -0.25) is 0 Å². The minimum Gasteiger partial charge on any atom is -0.478 e. The Morgan fingerprint density at radius 3 is 2.68 bits per heavy atom. The van der Waals surface area contributed by atoms with E-state index in [1.807, 2.05) is 0 Å². The van der Waals surface area contributed by atoms with Gasteiger partial charge in [0.15, 0.2) is 0 Å². The molecular weight excluding hydrogens is 324 g/mol. The van der Waals surface area contributed by atoms with E-state index in [0.717, 1.165) is 6.07 Å². The number of anilines is 1. The second-order valence-electron chi connectivity index (χ2n) is 3.66. The van der Waals surface area contributed by atoms with Crippen LogP contribution in [0, 0.1) is 11.6 Å². The molecule has 2 aromatic rings. The number of furan rings is 1. The summed E-state index contributed by atoms with van der Waals surface area (Å²) < 4.78 is 32.5. The van der Waals surface area contributed by atoms with E-state index < -0.39 is 23.2 Å². The molecule has 1 aromatic heterocycles. The van der Waals surface area contributed by atoms with Gasteiger partial charge in [-0.05, 0) is 28.1 Å². The molecule has 1 heterocycles. The Hall–Kier alpha value is -1.89. The number of carboxylic acid groups (broad SMARTS) is 1. The van der Waals surface area contributed by atoms with Crippen molar-refractivity contribution >= 4 is 27.6 Å². The summed E-state index contributed by atoms with van der Waals surface area (Å²) in [5.41, 5.74) is -0.704. The van der Waals surface area contributed by atoms with Crippen molar-refractivity contribution in [2.75, 3.05) is 5.32 Å². The van der Waals surface area contributed by atoms with Crippen molar-refractivity contribution in [1.29, 1.82) is 0 Å². The minimum atomic E-state index is -1.46. The zero-order valence-electron chi connectivity index (χ0n) is 9.41. The second kappa shape index (κ2) is 5.40. The van der Waals surface area contributed by atoms with E-state index >= 15 is 0 Å². The average molecular weight is 332 g/mol. The lowest BCUT2D eigenvalue weighted by molar-refractivity contribution is 0.0692. The third kappa shape index (κ3) is 2.93. The molecule has 2 rings (SSSR count). The first-order chi connectivity index (χ1) is 8.99. The number of rotatable bonds is 4. The van der Waals surface area contributed by atoms with Crippen LogP contribution in [0.25, 0.3) is 0 Å². The second-order valence-corrected chi connectivity index (χ2v) is 4.52. The molecule has 2 N–H and O–H groups in total. The first-order valence-corrected chi connectivity index (χ1v) is 5.96. The molecule has 0 spiro atoms. The van der Waals surface area contributed by atoms with Crippen molar-refractivity contribution < 1.29 is 23.1 Å². The number of carbonyl (C=O) groups is 1. The predicted molar refractivity (Wildman–Crippen MR) is 67.1 cm³/mol. The molecule has 0 saturated carbocycles. The van der Waals surface area contributed by atoms with Crippen LogP contribution in [0.15, 0.2) is 33.4 Å². The van der Waals surface area contributed by atoms with Crippen LogP contribution in [-0.2, 0) is 6.54 Å². The molecule has 0 aliphatic carbocycles. The van der Waals surface area contributed by atoms with Gasteiger partial charge in [-0.25, -0.2) is 13.6 Å². The van der Waals surface area contributed by atoms with Gasteiger partial charge in [0.1, 0.15) is 17.4 Å². The van der Waals surface area contributed by atoms with Crippen LogP contribution in [0.3, 0.4) is 0 Å². The smallest absolute Gasteiger partial charge is 0.338 e. The van der Waals surface area contributed by atoms with Crippen LogP contribution >= 0.6 is 15.9 Å². The molecule has 0 fully saturated rings. The Balaban J connectivity index is 2.23. The third-order valence-electron chi connectivity index (χ3n) is 2.42. The largest absolute Gasteiger partial charge is 0.478 e. The number of nitrogens with one attached hydrogen (secondary N) is 1. The average Bonchev–Trinajstić information content (AvgIpc) is 2.73. The lowest BCUT2D eigenvalue weighted by Gasteiger charge is -2.08. The van der Waals surface area contributed by atoms with Crippen LogP contribution in [0.5, 0.6) is 0 Å². The van der Waals surface area contributed by atoms with E-state index in [4.69, 9.17) is 9.52 Å². The number of hydrogen-bond acceptors (Lipinski definition) is 3. The summed E-state index contributed by atoms with van der Waals surface area (Å²) in [5, 5.41) is 11.4. The molecule has 0 aliphatic rings. The van der Waals surface area contributed by atoms with E-state index in [1.165, 1.54) is 6.26 Å². The predicted octanol–water partition coefficient (Wildman–Crippen LogP) is 3.63. The van der Waals surface area contributed by atoms with E-state index in [0.29, 0.717) is 16.3 Å². The lowest BCUT2D eigenvalue weighted by Crippen LogP contribution is -2.06. The highest BCUT2D eigenvalue weighted by Gasteiger charge is 2.15. The maximum atomic E-state index is 13.5. The highest BCUT2D eigenvalue weighted by Crippen LogP contribution is 2.22. The van der Waals surface area contributed by atoms with Crippen LogP contribution in [0.1, 0.15) is 16.1 Å². The maximum absolute atomic E-state index is 13.5. The number of benzene rings is 1. The van der Waals surface area contributed by atoms with Gasteiger partial charge in [0.25, 0.3) is 0 Å². The summed E-state index contributed by atoms with van der Waals surface area (Å²) in [7, 11) is 0. The van der Waals surface area contributed by atoms with E-state index in [-0.39, 0.29) is 12.2 Å². The number of hydrogen-bond donors (Lipinski definition) is 2. The van der Waals surface area contributed by atoms with Gasteiger partial charge in [-0.15, -0.1) is 0 Å². The summed E-state index contributed by atoms with van der Waals surface area (Å²) in [5.74, 6) is -2.93. The minimum absolute atomic E-state index is 0.109. The molecule has 0 radical (unpaired) electrons. The van der Waals surface area contributed by atoms with Gasteiger partial charge < -0.3 is 14.8 Å². The monoisotopic (exact) mass is 331 g/mol. The van der Waals surface area contributed by atoms with E-state index in [9.17, 15) is 13.6 Å². The normalized spacial score (nSPS) is 10.5. The molecule has 0 amide bonds. The van der Waals surface area contributed by atoms with Gasteiger partial charge in [-0.1, -0.05) is 0 Å². The molecule has 19 heavy (non-hydrogen) atoms. The van der Waals surface area contributed by atoms with Crippen molar-refractivity contribution in [1.82, 2.24) is 0 Å². The Bertz CT molecular complexity index is 627. The Kier molecular flexibility index (Phi) is 3.84. The first-order valence-electron chi connectivity index (χ1n) is 5.17. The zero-order valence-corrected chi connectivity index (χ0v) is 11.0. The summed E-state index contributed by atoms with van der Waals surface area (Å²) in [4.78, 5) is 10.8. The SMILES string of the molecule is O=C(O)c1cc(NCc2occc2Br)c(F)cc1F. The molecule has 100 valence electrons. The molecule has 7 heteroatoms. The van der Waals surface area contributed by atoms with Gasteiger partial charge in [0.05, 0.1) is 28.5 Å². The number of carboxylic acids is 1. The zero-order chi connectivity index (χ0) is 14.0. The topological polar surface area (TPSA) is 62.5 Å². The summed E-state index contributed by atoms with van der Waals surface area (Å²) in [6, 6.07) is 3.10. The van der Waals surface area contributed by atoms with Gasteiger partial charge in [0, 0.05) is 6.07 Å². The summed E-state index contributed by atoms with van der Waals surface area (Å²) in [6.07, 6.45) is 1.45. The van der Waals surface area contributed by atoms with Gasteiger partial charge in [0.2, 0.25) is 0 Å². The highest BCUT2D eigenvalue weighted by molar-refractivity contribution is 9.10. The third-order valence-corrected chi connectivity index (χ3v) is 3.12. The first kappa shape index (κ1) is 13.5. The summed E-state index contributed by atoms with van der Waals surface area (Å²) in [6.45, 7) is 0.134. The van der Waals surface area contributed by atoms with Crippen LogP contribution in [-0.4, -0.2) is 11.1 Å². The fourth-order valence-electron chi connectivity index (χ4n) is 1.48. The van der Waals surface area contributed by atoms with Crippen LogP contribution in [0.2, 0.25) is 0 Å². The molecular formula is C12H8BrF2NO3. The Morgan fingerprint density at radius 1 is 1.37 bits per heavy atom. The standard InChI is InChI=1S/C12H8BrF2NO3/c13-7-1-2-19-11(7)5-16-10-3-6(12(17)18)8(14)4-9(10)15/h1-4,16H,5H2,(H,17,18). The van der Waals surface area contributed by atoms with Crippen molar-refractivity contribution in [3.8, 4) is 0 Å². The quantitative estimate of drug-likeness (QED) is 0.898. The number of halogens is 3. The Morgan fingerprint density at radius 2 is 2.11 bits per heavy atom. The fraction of sp³-hybridized carbons (Fsp3) is 0.0833. The molecule has 0 aliphatic heterocycles. The van der Waals surface area contributed by atoms with Gasteiger partial charge >= 0.3 is 5.97 Å². The fourth-order valence-corrected chi connectivity index (χ4v) is 1.82. The van der Waals surface area contributed by atoms with Gasteiger partial charge in [-0.2, -0.15) is 0 Å². The van der Waals surface area contributed by atoms with E-state index in [1.54, 1.807) is 6.07 Å². The number of aromatic carboxylic acids is 1. The maximum Gasteiger partial charge on any atom is 0.338 e. The van der Waals surface area contributed by atoms with Crippen molar-refractivity contribution in [3.05, 3.63) is 51.9 Å². The Labute approximate surface area is 115 Å². The van der Waals surface area contributed by atoms with Crippen molar-refractivity contribution in [3.63, 3.8) is 0 Å².